The van der Waals surface area contributed by atoms with Crippen molar-refractivity contribution in [1.29, 1.82) is 0 Å². The van der Waals surface area contributed by atoms with Crippen LogP contribution >= 0.6 is 0 Å². The van der Waals surface area contributed by atoms with Gasteiger partial charge in [-0.05, 0) is 41.5 Å². The van der Waals surface area contributed by atoms with Crippen molar-refractivity contribution < 1.29 is 41.2 Å². The maximum absolute atomic E-state index is 8.06. The Bertz CT molecular complexity index is 43.4. The second kappa shape index (κ2) is 18.5. The SMILES string of the molecule is CC(C)O.CC(C)O.CC(C)O.[Hf]. The van der Waals surface area contributed by atoms with Crippen molar-refractivity contribution in [1.82, 2.24) is 0 Å². The van der Waals surface area contributed by atoms with Gasteiger partial charge in [-0.25, -0.2) is 0 Å². The van der Waals surface area contributed by atoms with Crippen LogP contribution in [0.15, 0.2) is 0 Å². The predicted octanol–water partition coefficient (Wildman–Crippen LogP) is 1.16. The largest absolute Gasteiger partial charge is 0.394 e. The van der Waals surface area contributed by atoms with Gasteiger partial charge in [0.1, 0.15) is 0 Å². The normalized spacial score (nSPS) is 8.31. The number of rotatable bonds is 0. The van der Waals surface area contributed by atoms with Crippen LogP contribution in [0.5, 0.6) is 0 Å². The third kappa shape index (κ3) is 2620. The molecule has 0 heterocycles. The molecule has 0 fully saturated rings. The zero-order valence-electron chi connectivity index (χ0n) is 9.57. The van der Waals surface area contributed by atoms with Crippen LogP contribution in [0.1, 0.15) is 41.5 Å². The Morgan fingerprint density at radius 1 is 0.538 bits per heavy atom. The van der Waals surface area contributed by atoms with Crippen LogP contribution in [0.2, 0.25) is 0 Å². The predicted molar refractivity (Wildman–Crippen MR) is 52.1 cm³/mol. The van der Waals surface area contributed by atoms with Crippen LogP contribution in [-0.4, -0.2) is 33.6 Å². The fraction of sp³-hybridized carbons (Fsp3) is 1.00. The number of hydrogen-bond donors (Lipinski definition) is 3. The molecule has 0 spiro atoms. The molecule has 0 aromatic carbocycles. The fourth-order valence-corrected chi connectivity index (χ4v) is 0. The van der Waals surface area contributed by atoms with E-state index in [0.717, 1.165) is 0 Å². The Labute approximate surface area is 101 Å². The van der Waals surface area contributed by atoms with Gasteiger partial charge in [-0.1, -0.05) is 0 Å². The van der Waals surface area contributed by atoms with Crippen molar-refractivity contribution in [3.8, 4) is 0 Å². The summed E-state index contributed by atoms with van der Waals surface area (Å²) in [4.78, 5) is 0. The summed E-state index contributed by atoms with van der Waals surface area (Å²) in [5.41, 5.74) is 0. The molecule has 0 aromatic rings. The van der Waals surface area contributed by atoms with Gasteiger partial charge in [0.25, 0.3) is 0 Å². The molecule has 0 aliphatic carbocycles. The summed E-state index contributed by atoms with van der Waals surface area (Å²) in [6.07, 6.45) is -0.500. The van der Waals surface area contributed by atoms with Crippen LogP contribution in [0.25, 0.3) is 0 Å². The smallest absolute Gasteiger partial charge is 0.0483 e. The van der Waals surface area contributed by atoms with Crippen molar-refractivity contribution in [2.45, 2.75) is 59.9 Å². The first-order valence-electron chi connectivity index (χ1n) is 4.24. The minimum Gasteiger partial charge on any atom is -0.394 e. The first-order valence-corrected chi connectivity index (χ1v) is 4.24. The Morgan fingerprint density at radius 2 is 0.538 bits per heavy atom. The van der Waals surface area contributed by atoms with Gasteiger partial charge in [0.2, 0.25) is 0 Å². The van der Waals surface area contributed by atoms with Gasteiger partial charge >= 0.3 is 0 Å². The van der Waals surface area contributed by atoms with E-state index in [0.29, 0.717) is 0 Å². The van der Waals surface area contributed by atoms with Crippen LogP contribution in [-0.2, 0) is 25.8 Å². The molecule has 0 rings (SSSR count). The molecule has 0 bridgehead atoms. The topological polar surface area (TPSA) is 60.7 Å². The van der Waals surface area contributed by atoms with Crippen molar-refractivity contribution in [3.63, 3.8) is 0 Å². The summed E-state index contributed by atoms with van der Waals surface area (Å²) in [6.45, 7) is 10.3. The van der Waals surface area contributed by atoms with Crippen LogP contribution < -0.4 is 0 Å². The van der Waals surface area contributed by atoms with E-state index in [1.807, 2.05) is 0 Å². The third-order valence-corrected chi connectivity index (χ3v) is 0. The maximum Gasteiger partial charge on any atom is 0.0483 e. The van der Waals surface area contributed by atoms with E-state index >= 15 is 0 Å². The summed E-state index contributed by atoms with van der Waals surface area (Å²) in [5, 5.41) is 24.2. The molecule has 0 aromatic heterocycles. The molecule has 0 aliphatic rings. The van der Waals surface area contributed by atoms with Crippen molar-refractivity contribution >= 4 is 0 Å². The summed E-state index contributed by atoms with van der Waals surface area (Å²) in [7, 11) is 0. The molecule has 3 N–H and O–H groups in total. The zero-order valence-corrected chi connectivity index (χ0v) is 13.2. The van der Waals surface area contributed by atoms with E-state index in [-0.39, 0.29) is 44.2 Å². The Balaban J connectivity index is -0.0000000450. The van der Waals surface area contributed by atoms with E-state index in [9.17, 15) is 0 Å². The second-order valence-corrected chi connectivity index (χ2v) is 3.28. The van der Waals surface area contributed by atoms with Gasteiger partial charge in [-0.2, -0.15) is 0 Å². The van der Waals surface area contributed by atoms with Gasteiger partial charge < -0.3 is 15.3 Å². The van der Waals surface area contributed by atoms with Gasteiger partial charge in [-0.15, -0.1) is 0 Å². The molecular formula is C9H24HfO3. The Kier molecular flexibility index (Phi) is 33.5. The summed E-state index contributed by atoms with van der Waals surface area (Å²) < 4.78 is 0. The first kappa shape index (κ1) is 23.5. The van der Waals surface area contributed by atoms with E-state index in [1.165, 1.54) is 0 Å². The van der Waals surface area contributed by atoms with Gasteiger partial charge in [0.05, 0.1) is 0 Å². The molecule has 0 saturated carbocycles. The Hall–Kier alpha value is 0.750. The van der Waals surface area contributed by atoms with Crippen molar-refractivity contribution in [3.05, 3.63) is 0 Å². The van der Waals surface area contributed by atoms with E-state index < -0.39 is 0 Å². The van der Waals surface area contributed by atoms with Gasteiger partial charge in [0, 0.05) is 44.2 Å². The molecule has 13 heavy (non-hydrogen) atoms. The molecule has 82 valence electrons. The van der Waals surface area contributed by atoms with Crippen molar-refractivity contribution in [2.75, 3.05) is 0 Å². The summed E-state index contributed by atoms with van der Waals surface area (Å²) in [5.74, 6) is 0. The minimum atomic E-state index is -0.167. The maximum atomic E-state index is 8.06. The number of aliphatic hydroxyl groups excluding tert-OH is 3. The van der Waals surface area contributed by atoms with Crippen molar-refractivity contribution in [2.24, 2.45) is 0 Å². The van der Waals surface area contributed by atoms with Gasteiger partial charge in [-0.3, -0.25) is 0 Å². The quantitative estimate of drug-likeness (QED) is 0.569. The molecule has 0 saturated heterocycles. The number of hydrogen-bond acceptors (Lipinski definition) is 3. The molecule has 3 nitrogen and oxygen atoms in total. The molecule has 0 unspecified atom stereocenters. The zero-order chi connectivity index (χ0) is 10.7. The molecule has 0 amide bonds. The van der Waals surface area contributed by atoms with Crippen LogP contribution in [0, 0.1) is 0 Å². The Morgan fingerprint density at radius 3 is 0.538 bits per heavy atom. The number of aliphatic hydroxyl groups is 3. The molecular weight excluding hydrogens is 335 g/mol. The third-order valence-electron chi connectivity index (χ3n) is 0. The summed E-state index contributed by atoms with van der Waals surface area (Å²) in [6, 6.07) is 0. The molecule has 4 heteroatoms. The molecule has 0 atom stereocenters. The second-order valence-electron chi connectivity index (χ2n) is 3.28. The molecule has 0 radical (unpaired) electrons. The van der Waals surface area contributed by atoms with E-state index in [4.69, 9.17) is 15.3 Å². The van der Waals surface area contributed by atoms with E-state index in [2.05, 4.69) is 0 Å². The monoisotopic (exact) mass is 360 g/mol. The van der Waals surface area contributed by atoms with E-state index in [1.54, 1.807) is 41.5 Å². The van der Waals surface area contributed by atoms with Crippen LogP contribution in [0.4, 0.5) is 0 Å². The minimum absolute atomic E-state index is 0. The average Bonchev–Trinajstić information content (AvgIpc) is 1.54. The first-order chi connectivity index (χ1) is 5.20. The van der Waals surface area contributed by atoms with Crippen LogP contribution in [0.3, 0.4) is 0 Å². The molecule has 0 aliphatic heterocycles. The summed E-state index contributed by atoms with van der Waals surface area (Å²) >= 11 is 0. The standard InChI is InChI=1S/3C3H8O.Hf/c3*1-3(2)4;/h3*3-4H,1-2H3;. The average molecular weight is 359 g/mol. The van der Waals surface area contributed by atoms with Gasteiger partial charge in [0.15, 0.2) is 0 Å². The fourth-order valence-electron chi connectivity index (χ4n) is 0.